The largest absolute Gasteiger partial charge is 0.374 e. The molecular formula is C37H56O3. The first-order valence-electron chi connectivity index (χ1n) is 16.8. The SMILES string of the molecule is CCCCC(=O)C1=CC(C2CCC[C@@H](C[C@@H]3OC(CC)[C@H](C)C(C4C=CC(C(=O)CCCC)=C4)[C@@H]3C)C2C)C=C1. The van der Waals surface area contributed by atoms with Crippen molar-refractivity contribution >= 4 is 11.6 Å². The summed E-state index contributed by atoms with van der Waals surface area (Å²) in [4.78, 5) is 25.4. The molecule has 4 aliphatic rings. The number of carbonyl (C=O) groups excluding carboxylic acids is 2. The van der Waals surface area contributed by atoms with Gasteiger partial charge in [0.25, 0.3) is 0 Å². The van der Waals surface area contributed by atoms with Gasteiger partial charge >= 0.3 is 0 Å². The summed E-state index contributed by atoms with van der Waals surface area (Å²) in [6.45, 7) is 13.8. The molecule has 0 aromatic heterocycles. The lowest BCUT2D eigenvalue weighted by molar-refractivity contribution is -0.153. The Kier molecular flexibility index (Phi) is 11.3. The number of hydrogen-bond acceptors (Lipinski definition) is 3. The average Bonchev–Trinajstić information content (AvgIpc) is 3.64. The maximum absolute atomic E-state index is 12.8. The number of allylic oxidation sites excluding steroid dienone is 8. The van der Waals surface area contributed by atoms with Crippen molar-refractivity contribution in [2.75, 3.05) is 0 Å². The van der Waals surface area contributed by atoms with Crippen molar-refractivity contribution in [2.45, 2.75) is 124 Å². The van der Waals surface area contributed by atoms with Crippen molar-refractivity contribution in [3.8, 4) is 0 Å². The molecule has 0 N–H and O–H groups in total. The number of hydrogen-bond donors (Lipinski definition) is 0. The molecule has 3 nitrogen and oxygen atoms in total. The van der Waals surface area contributed by atoms with E-state index in [2.05, 4.69) is 78.0 Å². The van der Waals surface area contributed by atoms with Crippen LogP contribution in [0.2, 0.25) is 0 Å². The van der Waals surface area contributed by atoms with Gasteiger partial charge < -0.3 is 4.74 Å². The Labute approximate surface area is 245 Å². The normalized spacial score (nSPS) is 37.5. The van der Waals surface area contributed by atoms with E-state index in [1.807, 2.05) is 0 Å². The van der Waals surface area contributed by atoms with E-state index in [0.29, 0.717) is 71.8 Å². The van der Waals surface area contributed by atoms with Crippen LogP contribution in [0.4, 0.5) is 0 Å². The Balaban J connectivity index is 1.44. The third-order valence-corrected chi connectivity index (χ3v) is 11.0. The highest BCUT2D eigenvalue weighted by molar-refractivity contribution is 5.99. The average molecular weight is 549 g/mol. The molecule has 4 rings (SSSR count). The number of ether oxygens (including phenoxy) is 1. The highest BCUT2D eigenvalue weighted by Gasteiger charge is 2.45. The fraction of sp³-hybridized carbons (Fsp3) is 0.730. The zero-order valence-corrected chi connectivity index (χ0v) is 26.2. The molecule has 1 saturated carbocycles. The van der Waals surface area contributed by atoms with E-state index in [-0.39, 0.29) is 12.2 Å². The van der Waals surface area contributed by atoms with E-state index in [1.165, 1.54) is 19.3 Å². The topological polar surface area (TPSA) is 43.4 Å². The Morgan fingerprint density at radius 1 is 0.775 bits per heavy atom. The summed E-state index contributed by atoms with van der Waals surface area (Å²) in [6, 6.07) is 0. The van der Waals surface area contributed by atoms with Crippen molar-refractivity contribution in [2.24, 2.45) is 47.3 Å². The third-order valence-electron chi connectivity index (χ3n) is 11.0. The number of rotatable bonds is 13. The first-order valence-corrected chi connectivity index (χ1v) is 16.8. The zero-order chi connectivity index (χ0) is 28.8. The molecule has 3 heteroatoms. The molecular weight excluding hydrogens is 492 g/mol. The van der Waals surface area contributed by atoms with Crippen LogP contribution in [0.1, 0.15) is 112 Å². The summed E-state index contributed by atoms with van der Waals surface area (Å²) in [7, 11) is 0. The maximum Gasteiger partial charge on any atom is 0.162 e. The van der Waals surface area contributed by atoms with Gasteiger partial charge in [0, 0.05) is 24.0 Å². The van der Waals surface area contributed by atoms with Crippen molar-refractivity contribution in [3.05, 3.63) is 47.6 Å². The van der Waals surface area contributed by atoms with Crippen LogP contribution in [-0.2, 0) is 14.3 Å². The van der Waals surface area contributed by atoms with Gasteiger partial charge in [0.05, 0.1) is 12.2 Å². The molecule has 222 valence electrons. The highest BCUT2D eigenvalue weighted by atomic mass is 16.5. The molecule has 3 aliphatic carbocycles. The smallest absolute Gasteiger partial charge is 0.162 e. The standard InChI is InChI=1S/C37H56O3/c1-7-10-15-33(38)29-18-17-28(21-29)32-14-12-13-27(24(32)4)23-36-26(6)37(25(5)35(9-3)40-36)31-20-19-30(22-31)34(39)16-11-8-2/h17-22,24-28,31-32,35-37H,7-16,23H2,1-6H3/t24?,25-,26+,27-,28?,31?,32?,35?,36-,37?/m0/s1. The zero-order valence-electron chi connectivity index (χ0n) is 26.2. The van der Waals surface area contributed by atoms with Crippen molar-refractivity contribution in [1.82, 2.24) is 0 Å². The third kappa shape index (κ3) is 7.00. The monoisotopic (exact) mass is 548 g/mol. The Hall–Kier alpha value is -1.74. The summed E-state index contributed by atoms with van der Waals surface area (Å²) in [5, 5.41) is 0. The summed E-state index contributed by atoms with van der Waals surface area (Å²) < 4.78 is 6.89. The van der Waals surface area contributed by atoms with Crippen LogP contribution in [0.3, 0.4) is 0 Å². The van der Waals surface area contributed by atoms with E-state index < -0.39 is 0 Å². The van der Waals surface area contributed by atoms with Gasteiger partial charge in [-0.15, -0.1) is 0 Å². The highest BCUT2D eigenvalue weighted by Crippen LogP contribution is 2.48. The van der Waals surface area contributed by atoms with Crippen LogP contribution < -0.4 is 0 Å². The van der Waals surface area contributed by atoms with Gasteiger partial charge in [0.15, 0.2) is 11.6 Å². The minimum absolute atomic E-state index is 0.264. The molecule has 2 fully saturated rings. The number of ketones is 2. The fourth-order valence-electron chi connectivity index (χ4n) is 8.46. The molecule has 0 aromatic rings. The second kappa shape index (κ2) is 14.4. The molecule has 40 heavy (non-hydrogen) atoms. The maximum atomic E-state index is 12.8. The van der Waals surface area contributed by atoms with Crippen LogP contribution in [0.25, 0.3) is 0 Å². The second-order valence-corrected chi connectivity index (χ2v) is 13.5. The molecule has 0 bridgehead atoms. The number of Topliss-reactive ketones (excluding diaryl/α,β-unsaturated/α-hetero) is 2. The molecule has 0 amide bonds. The Morgan fingerprint density at radius 2 is 1.35 bits per heavy atom. The Morgan fingerprint density at radius 3 is 1.95 bits per heavy atom. The molecule has 1 aliphatic heterocycles. The minimum Gasteiger partial charge on any atom is -0.374 e. The van der Waals surface area contributed by atoms with Crippen molar-refractivity contribution in [1.29, 1.82) is 0 Å². The molecule has 1 saturated heterocycles. The van der Waals surface area contributed by atoms with Crippen LogP contribution >= 0.6 is 0 Å². The van der Waals surface area contributed by atoms with E-state index in [0.717, 1.165) is 49.7 Å². The predicted molar refractivity (Wildman–Crippen MR) is 166 cm³/mol. The lowest BCUT2D eigenvalue weighted by Gasteiger charge is -2.49. The fourth-order valence-corrected chi connectivity index (χ4v) is 8.46. The van der Waals surface area contributed by atoms with E-state index in [9.17, 15) is 9.59 Å². The van der Waals surface area contributed by atoms with E-state index in [1.54, 1.807) is 0 Å². The molecule has 1 heterocycles. The first kappa shape index (κ1) is 31.2. The molecule has 10 atom stereocenters. The lowest BCUT2D eigenvalue weighted by atomic mass is 9.63. The van der Waals surface area contributed by atoms with Crippen LogP contribution in [0.15, 0.2) is 47.6 Å². The summed E-state index contributed by atoms with van der Waals surface area (Å²) in [6.07, 6.45) is 25.3. The minimum atomic E-state index is 0.264. The van der Waals surface area contributed by atoms with Gasteiger partial charge in [0.2, 0.25) is 0 Å². The Bertz CT molecular complexity index is 999. The second-order valence-electron chi connectivity index (χ2n) is 13.5. The first-order chi connectivity index (χ1) is 19.3. The van der Waals surface area contributed by atoms with E-state index >= 15 is 0 Å². The molecule has 0 radical (unpaired) electrons. The predicted octanol–water partition coefficient (Wildman–Crippen LogP) is 9.24. The quantitative estimate of drug-likeness (QED) is 0.230. The van der Waals surface area contributed by atoms with Crippen molar-refractivity contribution < 1.29 is 14.3 Å². The van der Waals surface area contributed by atoms with Crippen LogP contribution in [0.5, 0.6) is 0 Å². The van der Waals surface area contributed by atoms with Gasteiger partial charge in [-0.3, -0.25) is 9.59 Å². The molecule has 0 spiro atoms. The summed E-state index contributed by atoms with van der Waals surface area (Å²) in [5.41, 5.74) is 1.88. The summed E-state index contributed by atoms with van der Waals surface area (Å²) in [5.74, 6) is 4.67. The van der Waals surface area contributed by atoms with Crippen LogP contribution in [-0.4, -0.2) is 23.8 Å². The van der Waals surface area contributed by atoms with Crippen molar-refractivity contribution in [3.63, 3.8) is 0 Å². The van der Waals surface area contributed by atoms with Gasteiger partial charge in [-0.1, -0.05) is 104 Å². The van der Waals surface area contributed by atoms with Gasteiger partial charge in [-0.25, -0.2) is 0 Å². The van der Waals surface area contributed by atoms with Gasteiger partial charge in [-0.2, -0.15) is 0 Å². The van der Waals surface area contributed by atoms with Gasteiger partial charge in [0.1, 0.15) is 0 Å². The van der Waals surface area contributed by atoms with E-state index in [4.69, 9.17) is 4.74 Å². The summed E-state index contributed by atoms with van der Waals surface area (Å²) >= 11 is 0. The van der Waals surface area contributed by atoms with Crippen LogP contribution in [0, 0.1) is 47.3 Å². The number of carbonyl (C=O) groups is 2. The number of unbranched alkanes of at least 4 members (excludes halogenated alkanes) is 2. The van der Waals surface area contributed by atoms with Gasteiger partial charge in [-0.05, 0) is 79.4 Å². The lowest BCUT2D eigenvalue weighted by Crippen LogP contribution is -2.48. The molecule has 0 aromatic carbocycles. The molecule has 6 unspecified atom stereocenters.